The van der Waals surface area contributed by atoms with Gasteiger partial charge < -0.3 is 4.57 Å². The molecule has 0 aliphatic carbocycles. The van der Waals surface area contributed by atoms with Gasteiger partial charge in [-0.15, -0.1) is 10.2 Å². The molecule has 0 radical (unpaired) electrons. The molecule has 6 nitrogen and oxygen atoms in total. The molecular formula is C15H28N4O2S. The fourth-order valence-electron chi connectivity index (χ4n) is 2.62. The van der Waals surface area contributed by atoms with Crippen molar-refractivity contribution >= 4 is 10.0 Å². The number of hydrogen-bond acceptors (Lipinski definition) is 4. The molecule has 0 saturated carbocycles. The largest absolute Gasteiger partial charge is 0.313 e. The number of aromatic nitrogens is 3. The molecule has 1 aliphatic rings. The maximum atomic E-state index is 12.3. The first-order valence-electron chi connectivity index (χ1n) is 7.99. The Morgan fingerprint density at radius 1 is 1.32 bits per heavy atom. The van der Waals surface area contributed by atoms with E-state index in [-0.39, 0.29) is 23.1 Å². The van der Waals surface area contributed by atoms with Crippen molar-refractivity contribution in [3.63, 3.8) is 0 Å². The molecule has 0 fully saturated rings. The predicted molar refractivity (Wildman–Crippen MR) is 87.2 cm³/mol. The molecular weight excluding hydrogens is 300 g/mol. The van der Waals surface area contributed by atoms with Crippen LogP contribution in [-0.2, 0) is 23.0 Å². The van der Waals surface area contributed by atoms with Gasteiger partial charge in [-0.1, -0.05) is 34.6 Å². The van der Waals surface area contributed by atoms with Crippen LogP contribution in [0.5, 0.6) is 0 Å². The highest BCUT2D eigenvalue weighted by Crippen LogP contribution is 2.22. The van der Waals surface area contributed by atoms with Gasteiger partial charge in [-0.25, -0.2) is 13.1 Å². The van der Waals surface area contributed by atoms with Crippen molar-refractivity contribution in [2.75, 3.05) is 5.75 Å². The quantitative estimate of drug-likeness (QED) is 0.897. The van der Waals surface area contributed by atoms with E-state index in [4.69, 9.17) is 0 Å². The third kappa shape index (κ3) is 4.52. The molecule has 1 aromatic heterocycles. The van der Waals surface area contributed by atoms with Crippen molar-refractivity contribution in [3.05, 3.63) is 11.6 Å². The monoisotopic (exact) mass is 328 g/mol. The Morgan fingerprint density at radius 3 is 2.59 bits per heavy atom. The van der Waals surface area contributed by atoms with E-state index < -0.39 is 10.0 Å². The lowest BCUT2D eigenvalue weighted by molar-refractivity contribution is 0.388. The average molecular weight is 328 g/mol. The lowest BCUT2D eigenvalue weighted by atomic mass is 9.94. The van der Waals surface area contributed by atoms with Crippen molar-refractivity contribution in [2.45, 2.75) is 72.4 Å². The van der Waals surface area contributed by atoms with Crippen LogP contribution in [0.2, 0.25) is 0 Å². The van der Waals surface area contributed by atoms with Gasteiger partial charge in [0.05, 0.1) is 5.75 Å². The van der Waals surface area contributed by atoms with Gasteiger partial charge >= 0.3 is 0 Å². The second-order valence-corrected chi connectivity index (χ2v) is 9.60. The maximum absolute atomic E-state index is 12.3. The lowest BCUT2D eigenvalue weighted by Crippen LogP contribution is -2.42. The van der Waals surface area contributed by atoms with Crippen molar-refractivity contribution in [2.24, 2.45) is 5.41 Å². The lowest BCUT2D eigenvalue weighted by Gasteiger charge is -2.26. The number of hydrogen-bond donors (Lipinski definition) is 1. The van der Waals surface area contributed by atoms with Gasteiger partial charge in [-0.3, -0.25) is 0 Å². The van der Waals surface area contributed by atoms with Crippen LogP contribution in [0.1, 0.15) is 65.0 Å². The molecule has 2 heterocycles. The molecule has 0 unspecified atom stereocenters. The average Bonchev–Trinajstić information content (AvgIpc) is 2.78. The smallest absolute Gasteiger partial charge is 0.211 e. The van der Waals surface area contributed by atoms with E-state index >= 15 is 0 Å². The number of sulfonamides is 1. The molecule has 126 valence electrons. The Kier molecular flexibility index (Phi) is 4.96. The molecule has 1 atom stereocenters. The number of fused-ring (bicyclic) bond motifs is 1. The Balaban J connectivity index is 2.02. The van der Waals surface area contributed by atoms with E-state index in [0.717, 1.165) is 24.5 Å². The molecule has 0 saturated heterocycles. The van der Waals surface area contributed by atoms with Gasteiger partial charge in [0, 0.05) is 24.9 Å². The zero-order valence-electron chi connectivity index (χ0n) is 14.3. The number of nitrogens with zero attached hydrogens (tertiary/aromatic N) is 3. The summed E-state index contributed by atoms with van der Waals surface area (Å²) >= 11 is 0. The fraction of sp³-hybridized carbons (Fsp3) is 0.867. The summed E-state index contributed by atoms with van der Waals surface area (Å²) in [7, 11) is -3.24. The van der Waals surface area contributed by atoms with E-state index in [1.54, 1.807) is 0 Å². The predicted octanol–water partition coefficient (Wildman–Crippen LogP) is 2.07. The molecule has 22 heavy (non-hydrogen) atoms. The normalized spacial score (nSPS) is 19.5. The van der Waals surface area contributed by atoms with Gasteiger partial charge in [-0.2, -0.15) is 0 Å². The summed E-state index contributed by atoms with van der Waals surface area (Å²) in [6.07, 6.45) is 2.21. The van der Waals surface area contributed by atoms with Gasteiger partial charge in [-0.05, 0) is 18.3 Å². The summed E-state index contributed by atoms with van der Waals surface area (Å²) in [5.41, 5.74) is 0.0214. The van der Waals surface area contributed by atoms with Crippen LogP contribution in [0.15, 0.2) is 0 Å². The second-order valence-electron chi connectivity index (χ2n) is 7.72. The van der Waals surface area contributed by atoms with Crippen LogP contribution < -0.4 is 4.72 Å². The Morgan fingerprint density at radius 2 is 2.00 bits per heavy atom. The van der Waals surface area contributed by atoms with E-state index in [1.165, 1.54) is 0 Å². The van der Waals surface area contributed by atoms with E-state index in [0.29, 0.717) is 13.0 Å². The summed E-state index contributed by atoms with van der Waals surface area (Å²) in [4.78, 5) is 0. The molecule has 7 heteroatoms. The van der Waals surface area contributed by atoms with Crippen LogP contribution in [0.4, 0.5) is 0 Å². The van der Waals surface area contributed by atoms with Crippen LogP contribution in [-0.4, -0.2) is 35.0 Å². The summed E-state index contributed by atoms with van der Waals surface area (Å²) < 4.78 is 29.5. The molecule has 0 aromatic carbocycles. The first-order valence-corrected chi connectivity index (χ1v) is 9.64. The topological polar surface area (TPSA) is 76.9 Å². The Hall–Kier alpha value is -0.950. The first-order chi connectivity index (χ1) is 10.1. The SMILES string of the molecule is CC(C)c1nnc2n1C[C@H](NS(=O)(=O)CCC(C)(C)C)CC2. The van der Waals surface area contributed by atoms with Crippen molar-refractivity contribution in [3.8, 4) is 0 Å². The molecule has 1 aromatic rings. The van der Waals surface area contributed by atoms with E-state index in [2.05, 4.69) is 54.1 Å². The van der Waals surface area contributed by atoms with Crippen molar-refractivity contribution in [1.29, 1.82) is 0 Å². The summed E-state index contributed by atoms with van der Waals surface area (Å²) in [5.74, 6) is 2.37. The standard InChI is InChI=1S/C15H28N4O2S/c1-11(2)14-17-16-13-7-6-12(10-19(13)14)18-22(20,21)9-8-15(3,4)5/h11-12,18H,6-10H2,1-5H3/t12-/m1/s1. The van der Waals surface area contributed by atoms with Crippen LogP contribution >= 0.6 is 0 Å². The molecule has 0 spiro atoms. The molecule has 0 bridgehead atoms. The summed E-state index contributed by atoms with van der Waals surface area (Å²) in [6.45, 7) is 11.0. The van der Waals surface area contributed by atoms with Crippen LogP contribution in [0.3, 0.4) is 0 Å². The van der Waals surface area contributed by atoms with E-state index in [1.807, 2.05) is 0 Å². The van der Waals surface area contributed by atoms with Gasteiger partial charge in [0.2, 0.25) is 10.0 Å². The Bertz CT molecular complexity index is 614. The zero-order valence-corrected chi connectivity index (χ0v) is 15.1. The van der Waals surface area contributed by atoms with Crippen molar-refractivity contribution < 1.29 is 8.42 Å². The minimum Gasteiger partial charge on any atom is -0.313 e. The highest BCUT2D eigenvalue weighted by Gasteiger charge is 2.27. The molecule has 1 aliphatic heterocycles. The maximum Gasteiger partial charge on any atom is 0.211 e. The zero-order chi connectivity index (χ0) is 16.5. The third-order valence-electron chi connectivity index (χ3n) is 3.96. The number of rotatable bonds is 5. The molecule has 1 N–H and O–H groups in total. The summed E-state index contributed by atoms with van der Waals surface area (Å²) in [5, 5.41) is 8.45. The highest BCUT2D eigenvalue weighted by molar-refractivity contribution is 7.89. The Labute approximate surface area is 133 Å². The number of aryl methyl sites for hydroxylation is 1. The van der Waals surface area contributed by atoms with Gasteiger partial charge in [0.1, 0.15) is 11.6 Å². The highest BCUT2D eigenvalue weighted by atomic mass is 32.2. The second kappa shape index (κ2) is 6.28. The number of nitrogens with one attached hydrogen (secondary N) is 1. The van der Waals surface area contributed by atoms with E-state index in [9.17, 15) is 8.42 Å². The first kappa shape index (κ1) is 17.4. The minimum absolute atomic E-state index is 0.0214. The van der Waals surface area contributed by atoms with Crippen LogP contribution in [0.25, 0.3) is 0 Å². The third-order valence-corrected chi connectivity index (χ3v) is 5.39. The molecule has 0 amide bonds. The summed E-state index contributed by atoms with van der Waals surface area (Å²) in [6, 6.07) is -0.0639. The van der Waals surface area contributed by atoms with Gasteiger partial charge in [0.25, 0.3) is 0 Å². The van der Waals surface area contributed by atoms with Crippen LogP contribution in [0, 0.1) is 5.41 Å². The minimum atomic E-state index is -3.24. The molecule has 2 rings (SSSR count). The fourth-order valence-corrected chi connectivity index (χ4v) is 4.32. The van der Waals surface area contributed by atoms with Crippen molar-refractivity contribution in [1.82, 2.24) is 19.5 Å². The van der Waals surface area contributed by atoms with Gasteiger partial charge in [0.15, 0.2) is 0 Å².